The van der Waals surface area contributed by atoms with Gasteiger partial charge < -0.3 is 24.9 Å². The molecule has 6 rings (SSSR count). The first-order valence-electron chi connectivity index (χ1n) is 15.4. The number of ether oxygens (including phenoxy) is 1. The fourth-order valence-corrected chi connectivity index (χ4v) is 9.72. The number of para-hydroxylation sites is 1. The van der Waals surface area contributed by atoms with Crippen molar-refractivity contribution in [2.45, 2.75) is 63.2 Å². The number of aliphatic hydroxyl groups excluding tert-OH is 1. The number of hydrogen-bond acceptors (Lipinski definition) is 7. The molecule has 10 nitrogen and oxygen atoms in total. The highest BCUT2D eigenvalue weighted by Crippen LogP contribution is 2.59. The molecule has 4 aromatic rings. The smallest absolute Gasteiger partial charge is 0.264 e. The van der Waals surface area contributed by atoms with Crippen LogP contribution in [-0.2, 0) is 34.6 Å². The summed E-state index contributed by atoms with van der Waals surface area (Å²) >= 11 is 0. The quantitative estimate of drug-likeness (QED) is 0.221. The minimum atomic E-state index is -2.80. The Balaban J connectivity index is 1.27. The van der Waals surface area contributed by atoms with Gasteiger partial charge >= 0.3 is 0 Å². The largest absolute Gasteiger partial charge is 0.432 e. The minimum absolute atomic E-state index is 0.00147. The number of rotatable bonds is 10. The summed E-state index contributed by atoms with van der Waals surface area (Å²) in [5.74, 6) is -0.623. The molecule has 2 aliphatic heterocycles. The lowest BCUT2D eigenvalue weighted by atomic mass is 9.82. The van der Waals surface area contributed by atoms with Crippen LogP contribution in [0.2, 0.25) is 18.6 Å². The Labute approximate surface area is 263 Å². The predicted molar refractivity (Wildman–Crippen MR) is 173 cm³/mol. The second-order valence-electron chi connectivity index (χ2n) is 12.5. The molecule has 0 bridgehead atoms. The van der Waals surface area contributed by atoms with Crippen molar-refractivity contribution in [1.82, 2.24) is 15.0 Å². The van der Waals surface area contributed by atoms with Gasteiger partial charge in [0.15, 0.2) is 13.9 Å². The molecule has 234 valence electrons. The summed E-state index contributed by atoms with van der Waals surface area (Å²) in [4.78, 5) is 40.7. The predicted octanol–water partition coefficient (Wildman–Crippen LogP) is 4.50. The third kappa shape index (κ3) is 5.84. The highest BCUT2D eigenvalue weighted by Gasteiger charge is 2.66. The lowest BCUT2D eigenvalue weighted by Crippen LogP contribution is -2.46. The summed E-state index contributed by atoms with van der Waals surface area (Å²) in [5, 5.41) is 20.5. The maximum Gasteiger partial charge on any atom is 0.264 e. The topological polar surface area (TPSA) is 130 Å². The van der Waals surface area contributed by atoms with E-state index >= 15 is 0 Å². The van der Waals surface area contributed by atoms with Crippen LogP contribution in [0.25, 0.3) is 0 Å². The summed E-state index contributed by atoms with van der Waals surface area (Å²) < 4.78 is 8.62. The third-order valence-electron chi connectivity index (χ3n) is 9.05. The van der Waals surface area contributed by atoms with Crippen LogP contribution in [0.15, 0.2) is 85.1 Å². The van der Waals surface area contributed by atoms with Crippen molar-refractivity contribution in [3.05, 3.63) is 107 Å². The molecule has 2 amide bonds. The lowest BCUT2D eigenvalue weighted by molar-refractivity contribution is -0.146. The van der Waals surface area contributed by atoms with Gasteiger partial charge in [-0.2, -0.15) is 0 Å². The van der Waals surface area contributed by atoms with E-state index in [2.05, 4.69) is 15.6 Å². The van der Waals surface area contributed by atoms with Crippen molar-refractivity contribution in [3.63, 3.8) is 0 Å². The van der Waals surface area contributed by atoms with Gasteiger partial charge in [0.2, 0.25) is 0 Å². The van der Waals surface area contributed by atoms with Gasteiger partial charge in [-0.15, -0.1) is 5.10 Å². The molecule has 0 unspecified atom stereocenters. The van der Waals surface area contributed by atoms with E-state index in [9.17, 15) is 19.5 Å². The van der Waals surface area contributed by atoms with Crippen molar-refractivity contribution in [1.29, 1.82) is 0 Å². The molecule has 1 saturated heterocycles. The number of nitrogens with zero attached hydrogens (tertiary/aromatic N) is 4. The van der Waals surface area contributed by atoms with E-state index in [0.717, 1.165) is 16.8 Å². The van der Waals surface area contributed by atoms with E-state index in [1.807, 2.05) is 92.9 Å². The van der Waals surface area contributed by atoms with Crippen molar-refractivity contribution >= 4 is 31.5 Å². The summed E-state index contributed by atoms with van der Waals surface area (Å²) in [7, 11) is -2.80. The molecule has 0 saturated carbocycles. The Morgan fingerprint density at radius 1 is 1.07 bits per heavy atom. The summed E-state index contributed by atoms with van der Waals surface area (Å²) in [6.45, 7) is 6.66. The van der Waals surface area contributed by atoms with Gasteiger partial charge in [0.25, 0.3) is 11.8 Å². The van der Waals surface area contributed by atoms with E-state index in [0.29, 0.717) is 42.9 Å². The summed E-state index contributed by atoms with van der Waals surface area (Å²) in [6, 6.07) is 24.3. The van der Waals surface area contributed by atoms with E-state index in [1.165, 1.54) is 0 Å². The van der Waals surface area contributed by atoms with Gasteiger partial charge in [-0.1, -0.05) is 60.7 Å². The SMILES string of the molecule is C[C@@H]1[C@@H]([Si](C)(C)O)[C@H](CCn2cc(CCO)nn2)O[C@@]12C(=O)N(Cc1cccc(NC(=O)c3ccccc3)c1)c1ccccc12. The standard InChI is InChI=1S/C34H39N5O5Si/c1-23-31(45(2,3)43)30(16-18-38-22-27(17-19-40)36-37-38)44-34(23)28-14-7-8-15-29(28)39(33(34)42)21-24-10-9-13-26(20-24)35-32(41)25-11-5-4-6-12-25/h4-15,20,22-23,30-31,40,43H,16-19,21H2,1-3H3,(H,35,41)/t23-,30+,31-,34+/m1/s1. The molecule has 1 spiro atoms. The van der Waals surface area contributed by atoms with Gasteiger partial charge in [-0.25, -0.2) is 0 Å². The number of anilines is 2. The zero-order valence-electron chi connectivity index (χ0n) is 25.8. The molecular formula is C34H39N5O5Si. The van der Waals surface area contributed by atoms with Crippen LogP contribution in [0.4, 0.5) is 11.4 Å². The number of aryl methyl sites for hydroxylation is 1. The van der Waals surface area contributed by atoms with Crippen LogP contribution in [0.3, 0.4) is 0 Å². The second-order valence-corrected chi connectivity index (χ2v) is 16.5. The molecule has 3 N–H and O–H groups in total. The number of aliphatic hydroxyl groups is 1. The van der Waals surface area contributed by atoms with E-state index in [4.69, 9.17) is 4.74 Å². The highest BCUT2D eigenvalue weighted by atomic mass is 28.4. The van der Waals surface area contributed by atoms with Crippen LogP contribution in [0, 0.1) is 5.92 Å². The van der Waals surface area contributed by atoms with Gasteiger partial charge in [-0.05, 0) is 55.4 Å². The number of benzene rings is 3. The first kappa shape index (κ1) is 30.8. The first-order chi connectivity index (χ1) is 21.6. The Hall–Kier alpha value is -4.16. The molecule has 1 fully saturated rings. The number of carbonyl (C=O) groups is 2. The summed E-state index contributed by atoms with van der Waals surface area (Å²) in [6.07, 6.45) is 2.43. The average molecular weight is 626 g/mol. The first-order valence-corrected chi connectivity index (χ1v) is 18.4. The van der Waals surface area contributed by atoms with Gasteiger partial charge in [-0.3, -0.25) is 14.3 Å². The Bertz CT molecular complexity index is 1690. The average Bonchev–Trinajstić information content (AvgIpc) is 3.67. The Morgan fingerprint density at radius 2 is 1.82 bits per heavy atom. The molecule has 0 radical (unpaired) electrons. The fourth-order valence-electron chi connectivity index (χ4n) is 7.12. The molecular weight excluding hydrogens is 586 g/mol. The molecule has 45 heavy (non-hydrogen) atoms. The molecule has 3 aromatic carbocycles. The number of hydrogen-bond donors (Lipinski definition) is 3. The van der Waals surface area contributed by atoms with Crippen molar-refractivity contribution in [3.8, 4) is 0 Å². The number of carbonyl (C=O) groups excluding carboxylic acids is 2. The zero-order chi connectivity index (χ0) is 31.8. The monoisotopic (exact) mass is 625 g/mol. The number of amides is 2. The van der Waals surface area contributed by atoms with Crippen molar-refractivity contribution in [2.24, 2.45) is 5.92 Å². The molecule has 4 atom stereocenters. The van der Waals surface area contributed by atoms with Crippen LogP contribution in [-0.4, -0.2) is 57.7 Å². The van der Waals surface area contributed by atoms with Crippen molar-refractivity contribution in [2.75, 3.05) is 16.8 Å². The van der Waals surface area contributed by atoms with Crippen LogP contribution >= 0.6 is 0 Å². The minimum Gasteiger partial charge on any atom is -0.432 e. The van der Waals surface area contributed by atoms with E-state index < -0.39 is 13.9 Å². The van der Waals surface area contributed by atoms with Gasteiger partial charge in [0, 0.05) is 54.0 Å². The third-order valence-corrected chi connectivity index (χ3v) is 11.6. The van der Waals surface area contributed by atoms with E-state index in [1.54, 1.807) is 21.7 Å². The molecule has 11 heteroatoms. The Kier molecular flexibility index (Phi) is 8.44. The normalized spacial score (nSPS) is 22.6. The maximum atomic E-state index is 14.6. The highest BCUT2D eigenvalue weighted by molar-refractivity contribution is 6.71. The molecule has 3 heterocycles. The van der Waals surface area contributed by atoms with Gasteiger partial charge in [0.05, 0.1) is 24.0 Å². The van der Waals surface area contributed by atoms with Crippen LogP contribution in [0.5, 0.6) is 0 Å². The molecule has 2 aliphatic rings. The van der Waals surface area contributed by atoms with Crippen molar-refractivity contribution < 1.29 is 24.2 Å². The van der Waals surface area contributed by atoms with Crippen LogP contribution < -0.4 is 10.2 Å². The fraction of sp³-hybridized carbons (Fsp3) is 0.353. The van der Waals surface area contributed by atoms with Gasteiger partial charge in [0.1, 0.15) is 0 Å². The molecule has 1 aromatic heterocycles. The number of fused-ring (bicyclic) bond motifs is 2. The van der Waals surface area contributed by atoms with E-state index in [-0.39, 0.29) is 36.0 Å². The number of nitrogens with one attached hydrogen (secondary N) is 1. The molecule has 0 aliphatic carbocycles. The lowest BCUT2D eigenvalue weighted by Gasteiger charge is -2.32. The second kappa shape index (κ2) is 12.3. The zero-order valence-corrected chi connectivity index (χ0v) is 26.8. The van der Waals surface area contributed by atoms with Crippen LogP contribution in [0.1, 0.15) is 40.5 Å². The number of aromatic nitrogens is 3. The Morgan fingerprint density at radius 3 is 2.58 bits per heavy atom. The maximum absolute atomic E-state index is 14.6. The summed E-state index contributed by atoms with van der Waals surface area (Å²) in [5.41, 5.74) is 2.94.